The number of hydrogen-bond acceptors (Lipinski definition) is 4. The maximum absolute atomic E-state index is 14.4. The molecule has 0 radical (unpaired) electrons. The van der Waals surface area contributed by atoms with Crippen LogP contribution in [-0.2, 0) is 17.8 Å². The number of imide groups is 1. The van der Waals surface area contributed by atoms with Crippen LogP contribution in [-0.4, -0.2) is 40.9 Å². The summed E-state index contributed by atoms with van der Waals surface area (Å²) in [6.45, 7) is 2.33. The number of nitrogens with one attached hydrogen (secondary N) is 2. The summed E-state index contributed by atoms with van der Waals surface area (Å²) < 4.78 is 5.51. The van der Waals surface area contributed by atoms with Gasteiger partial charge >= 0.3 is 6.03 Å². The van der Waals surface area contributed by atoms with Crippen molar-refractivity contribution in [3.8, 4) is 5.75 Å². The maximum Gasteiger partial charge on any atom is 0.332 e. The van der Waals surface area contributed by atoms with Crippen molar-refractivity contribution in [3.05, 3.63) is 131 Å². The Morgan fingerprint density at radius 1 is 0.953 bits per heavy atom. The van der Waals surface area contributed by atoms with Crippen LogP contribution in [0.2, 0.25) is 0 Å². The van der Waals surface area contributed by atoms with Gasteiger partial charge in [0.15, 0.2) is 0 Å². The molecule has 43 heavy (non-hydrogen) atoms. The highest BCUT2D eigenvalue weighted by Crippen LogP contribution is 2.45. The summed E-state index contributed by atoms with van der Waals surface area (Å²) in [5.41, 5.74) is 6.28. The van der Waals surface area contributed by atoms with Crippen LogP contribution in [0.1, 0.15) is 44.3 Å². The molecule has 7 rings (SSSR count). The third kappa shape index (κ3) is 4.43. The number of carbonyl (C=O) groups is 3. The van der Waals surface area contributed by atoms with Crippen LogP contribution in [0.15, 0.2) is 97.1 Å². The smallest absolute Gasteiger partial charge is 0.332 e. The standard InChI is InChI=1S/C35H30N4O4/c1-21-14-16-22(17-15-21)20-36-33(40)26-11-4-6-13-29(26)39-34(41)30-19-27-25-10-3-5-12-28(25)37-31(27)32(38(30)35(39)42)23-8-7-9-24(18-23)43-2/h3-18,30,32,37H,19-20H2,1-2H3,(H,36,40)/t30-,32-/m0/s1. The minimum atomic E-state index is -0.737. The number of urea groups is 1. The lowest BCUT2D eigenvalue weighted by Gasteiger charge is -2.36. The number of hydrogen-bond donors (Lipinski definition) is 2. The monoisotopic (exact) mass is 570 g/mol. The number of H-pyrrole nitrogens is 1. The zero-order valence-corrected chi connectivity index (χ0v) is 23.8. The van der Waals surface area contributed by atoms with Gasteiger partial charge in [-0.2, -0.15) is 0 Å². The fourth-order valence-corrected chi connectivity index (χ4v) is 6.30. The topological polar surface area (TPSA) is 94.7 Å². The van der Waals surface area contributed by atoms with E-state index < -0.39 is 18.1 Å². The molecule has 1 fully saturated rings. The lowest BCUT2D eigenvalue weighted by molar-refractivity contribution is -0.120. The number of nitrogens with zero attached hydrogens (tertiary/aromatic N) is 2. The SMILES string of the molecule is COc1cccc([C@H]2c3[nH]c4ccccc4c3C[C@H]3C(=O)N(c4ccccc4C(=O)NCc4ccc(C)cc4)C(=O)N23)c1. The number of ether oxygens (including phenoxy) is 1. The van der Waals surface area contributed by atoms with Crippen molar-refractivity contribution in [1.29, 1.82) is 0 Å². The molecule has 8 heteroatoms. The van der Waals surface area contributed by atoms with Gasteiger partial charge in [-0.1, -0.05) is 72.3 Å². The van der Waals surface area contributed by atoms with Crippen molar-refractivity contribution < 1.29 is 19.1 Å². The summed E-state index contributed by atoms with van der Waals surface area (Å²) in [6, 6.07) is 28.5. The van der Waals surface area contributed by atoms with E-state index in [1.165, 1.54) is 4.90 Å². The van der Waals surface area contributed by atoms with Crippen molar-refractivity contribution >= 4 is 34.4 Å². The first-order valence-electron chi connectivity index (χ1n) is 14.3. The van der Waals surface area contributed by atoms with Crippen molar-refractivity contribution in [2.24, 2.45) is 0 Å². The van der Waals surface area contributed by atoms with E-state index in [0.29, 0.717) is 18.7 Å². The van der Waals surface area contributed by atoms with E-state index in [0.717, 1.165) is 38.9 Å². The van der Waals surface area contributed by atoms with E-state index in [2.05, 4.69) is 10.3 Å². The molecule has 5 aromatic rings. The largest absolute Gasteiger partial charge is 0.497 e. The number of carbonyl (C=O) groups excluding carboxylic acids is 3. The Balaban J connectivity index is 1.28. The third-order valence-electron chi connectivity index (χ3n) is 8.42. The van der Waals surface area contributed by atoms with E-state index in [-0.39, 0.29) is 23.1 Å². The van der Waals surface area contributed by atoms with Crippen LogP contribution in [0.3, 0.4) is 0 Å². The van der Waals surface area contributed by atoms with Gasteiger partial charge in [-0.15, -0.1) is 0 Å². The van der Waals surface area contributed by atoms with E-state index >= 15 is 0 Å². The second-order valence-electron chi connectivity index (χ2n) is 11.0. The molecule has 214 valence electrons. The van der Waals surface area contributed by atoms with Gasteiger partial charge in [0.2, 0.25) is 0 Å². The quantitative estimate of drug-likeness (QED) is 0.249. The Morgan fingerprint density at radius 2 is 1.72 bits per heavy atom. The molecule has 2 aliphatic heterocycles. The number of benzene rings is 4. The van der Waals surface area contributed by atoms with Gasteiger partial charge in [0, 0.05) is 29.6 Å². The highest BCUT2D eigenvalue weighted by molar-refractivity contribution is 6.24. The highest BCUT2D eigenvalue weighted by Gasteiger charge is 2.53. The molecule has 1 saturated heterocycles. The first-order valence-corrected chi connectivity index (χ1v) is 14.3. The number of fused-ring (bicyclic) bond motifs is 4. The molecule has 4 amide bonds. The van der Waals surface area contributed by atoms with E-state index in [1.54, 1.807) is 36.3 Å². The molecule has 0 saturated carbocycles. The van der Waals surface area contributed by atoms with E-state index in [4.69, 9.17) is 4.74 Å². The molecular weight excluding hydrogens is 540 g/mol. The molecular formula is C35H30N4O4. The number of amides is 4. The number of rotatable bonds is 6. The summed E-state index contributed by atoms with van der Waals surface area (Å²) in [6.07, 6.45) is 0.364. The van der Waals surface area contributed by atoms with Crippen LogP contribution in [0.25, 0.3) is 10.9 Å². The van der Waals surface area contributed by atoms with Gasteiger partial charge in [0.25, 0.3) is 11.8 Å². The van der Waals surface area contributed by atoms with Crippen molar-refractivity contribution in [3.63, 3.8) is 0 Å². The Hall–Kier alpha value is -5.37. The summed E-state index contributed by atoms with van der Waals surface area (Å²) >= 11 is 0. The number of anilines is 1. The average molecular weight is 571 g/mol. The molecule has 3 heterocycles. The number of aromatic nitrogens is 1. The normalized spacial score (nSPS) is 17.6. The number of methoxy groups -OCH3 is 1. The first kappa shape index (κ1) is 26.5. The molecule has 8 nitrogen and oxygen atoms in total. The van der Waals surface area contributed by atoms with E-state index in [9.17, 15) is 14.4 Å². The lowest BCUT2D eigenvalue weighted by atomic mass is 9.89. The zero-order chi connectivity index (χ0) is 29.7. The molecule has 0 aliphatic carbocycles. The van der Waals surface area contributed by atoms with Crippen LogP contribution in [0.5, 0.6) is 5.75 Å². The predicted octanol–water partition coefficient (Wildman–Crippen LogP) is 5.90. The summed E-state index contributed by atoms with van der Waals surface area (Å²) in [4.78, 5) is 48.4. The van der Waals surface area contributed by atoms with Gasteiger partial charge in [-0.3, -0.25) is 14.5 Å². The van der Waals surface area contributed by atoms with Crippen molar-refractivity contribution in [2.75, 3.05) is 12.0 Å². The minimum Gasteiger partial charge on any atom is -0.497 e. The van der Waals surface area contributed by atoms with Gasteiger partial charge in [-0.05, 0) is 53.9 Å². The molecule has 1 aromatic heterocycles. The van der Waals surface area contributed by atoms with Crippen molar-refractivity contribution in [2.45, 2.75) is 32.0 Å². The Bertz CT molecular complexity index is 1890. The van der Waals surface area contributed by atoms with Crippen LogP contribution in [0.4, 0.5) is 10.5 Å². The fraction of sp³-hybridized carbons (Fsp3) is 0.171. The molecule has 2 atom stereocenters. The molecule has 0 spiro atoms. The van der Waals surface area contributed by atoms with E-state index in [1.807, 2.05) is 79.7 Å². The molecule has 0 unspecified atom stereocenters. The molecule has 4 aromatic carbocycles. The predicted molar refractivity (Wildman–Crippen MR) is 164 cm³/mol. The van der Waals surface area contributed by atoms with Crippen molar-refractivity contribution in [1.82, 2.24) is 15.2 Å². The van der Waals surface area contributed by atoms with Crippen LogP contribution in [0, 0.1) is 6.92 Å². The highest BCUT2D eigenvalue weighted by atomic mass is 16.5. The molecule has 2 aliphatic rings. The Labute approximate surface area is 248 Å². The van der Waals surface area contributed by atoms with Crippen LogP contribution < -0.4 is 15.0 Å². The van der Waals surface area contributed by atoms with Crippen LogP contribution >= 0.6 is 0 Å². The minimum absolute atomic E-state index is 0.262. The number of para-hydroxylation sites is 2. The summed E-state index contributed by atoms with van der Waals surface area (Å²) in [7, 11) is 1.60. The van der Waals surface area contributed by atoms with Gasteiger partial charge in [0.05, 0.1) is 18.4 Å². The number of aryl methyl sites for hydroxylation is 1. The van der Waals surface area contributed by atoms with Gasteiger partial charge in [-0.25, -0.2) is 9.69 Å². The second-order valence-corrected chi connectivity index (χ2v) is 11.0. The van der Waals surface area contributed by atoms with Gasteiger partial charge < -0.3 is 15.0 Å². The second kappa shape index (κ2) is 10.5. The summed E-state index contributed by atoms with van der Waals surface area (Å²) in [5.74, 6) is -0.0578. The zero-order valence-electron chi connectivity index (χ0n) is 23.8. The van der Waals surface area contributed by atoms with Gasteiger partial charge in [0.1, 0.15) is 17.8 Å². The molecule has 0 bridgehead atoms. The first-order chi connectivity index (χ1) is 20.9. The lowest BCUT2D eigenvalue weighted by Crippen LogP contribution is -2.44. The summed E-state index contributed by atoms with van der Waals surface area (Å²) in [5, 5.41) is 3.98. The maximum atomic E-state index is 14.4. The average Bonchev–Trinajstić information content (AvgIpc) is 3.53. The fourth-order valence-electron chi connectivity index (χ4n) is 6.30. The Kier molecular flexibility index (Phi) is 6.46. The number of aromatic amines is 1. The third-order valence-corrected chi connectivity index (χ3v) is 8.42. The molecule has 2 N–H and O–H groups in total. The Morgan fingerprint density at radius 3 is 2.53 bits per heavy atom.